The Balaban J connectivity index is 0.937. The second kappa shape index (κ2) is 25.7. The fourth-order valence-electron chi connectivity index (χ4n) is 19.6. The van der Waals surface area contributed by atoms with E-state index in [4.69, 9.17) is 9.84 Å². The lowest BCUT2D eigenvalue weighted by Gasteiger charge is -2.73. The van der Waals surface area contributed by atoms with Crippen LogP contribution in [-0.2, 0) is 19.1 Å². The second-order valence-electron chi connectivity index (χ2n) is 29.1. The van der Waals surface area contributed by atoms with Gasteiger partial charge in [-0.05, 0) is 168 Å². The van der Waals surface area contributed by atoms with E-state index in [1.807, 2.05) is 0 Å². The molecule has 0 aromatic rings. The summed E-state index contributed by atoms with van der Waals surface area (Å²) < 4.78 is 6.77. The van der Waals surface area contributed by atoms with Crippen molar-refractivity contribution in [2.75, 3.05) is 45.9 Å². The summed E-state index contributed by atoms with van der Waals surface area (Å²) in [6.07, 6.45) is 39.7. The number of rotatable bonds is 26. The Hall–Kier alpha value is -2.94. The van der Waals surface area contributed by atoms with E-state index in [9.17, 15) is 4.79 Å². The van der Waals surface area contributed by atoms with Crippen LogP contribution in [0.1, 0.15) is 269 Å². The van der Waals surface area contributed by atoms with Crippen molar-refractivity contribution in [2.45, 2.75) is 275 Å². The summed E-state index contributed by atoms with van der Waals surface area (Å²) in [6, 6.07) is 0. The first kappa shape index (κ1) is 61.1. The quantitative estimate of drug-likeness (QED) is 0.0373. The number of nitrogens with zero attached hydrogens (tertiary/aromatic N) is 5. The minimum atomic E-state index is -0.373. The van der Waals surface area contributed by atoms with E-state index in [0.717, 1.165) is 75.3 Å². The number of hydrogen-bond donors (Lipinski definition) is 0. The van der Waals surface area contributed by atoms with Gasteiger partial charge in [0, 0.05) is 44.2 Å². The molecule has 10 atom stereocenters. The molecule has 0 radical (unpaired) electrons. The minimum Gasteiger partial charge on any atom is -0.462 e. The molecule has 3 aliphatic heterocycles. The number of unbranched alkanes of at least 4 members (excludes halogenated alkanes) is 18. The zero-order chi connectivity index (χ0) is 56.1. The summed E-state index contributed by atoms with van der Waals surface area (Å²) in [5.74, 6) is 3.47. The number of amidine groups is 1. The van der Waals surface area contributed by atoms with Gasteiger partial charge >= 0.3 is 5.97 Å². The number of ether oxygens (including phenoxy) is 1. The number of hydrogen-bond acceptors (Lipinski definition) is 6. The molecular weight excluding hydrogens is 963 g/mol. The molecule has 8 aliphatic rings. The van der Waals surface area contributed by atoms with Crippen LogP contribution in [0, 0.1) is 56.7 Å². The molecule has 0 N–H and O–H groups in total. The van der Waals surface area contributed by atoms with E-state index in [1.54, 1.807) is 6.92 Å². The first-order valence-corrected chi connectivity index (χ1v) is 33.3. The highest BCUT2D eigenvalue weighted by Crippen LogP contribution is 2.78. The summed E-state index contributed by atoms with van der Waals surface area (Å²) in [4.78, 5) is 49.8. The van der Waals surface area contributed by atoms with Crippen molar-refractivity contribution in [2.24, 2.45) is 61.8 Å². The van der Waals surface area contributed by atoms with Gasteiger partial charge in [-0.3, -0.25) is 19.3 Å². The average Bonchev–Trinajstić information content (AvgIpc) is 3.24. The molecule has 0 bridgehead atoms. The van der Waals surface area contributed by atoms with Crippen molar-refractivity contribution >= 4 is 23.6 Å². The monoisotopic (exact) mass is 1080 g/mol. The van der Waals surface area contributed by atoms with Crippen LogP contribution in [0.15, 0.2) is 40.2 Å². The maximum atomic E-state index is 15.7. The Kier molecular flexibility index (Phi) is 20.1. The third-order valence-corrected chi connectivity index (χ3v) is 24.1. The van der Waals surface area contributed by atoms with Crippen LogP contribution in [0.2, 0.25) is 0 Å². The number of carbonyl (C=O) groups is 3. The van der Waals surface area contributed by atoms with Gasteiger partial charge in [0.05, 0.1) is 11.0 Å². The number of fused-ring (bicyclic) bond motifs is 8. The van der Waals surface area contributed by atoms with Crippen LogP contribution in [0.3, 0.4) is 0 Å². The topological polar surface area (TPSA) is 82.5 Å². The molecule has 6 fully saturated rings. The number of piperazine rings is 1. The Morgan fingerprint density at radius 2 is 1.19 bits per heavy atom. The number of amides is 2. The van der Waals surface area contributed by atoms with E-state index < -0.39 is 0 Å². The Morgan fingerprint density at radius 3 is 1.74 bits per heavy atom. The van der Waals surface area contributed by atoms with Gasteiger partial charge in [0.2, 0.25) is 11.7 Å². The molecule has 0 spiro atoms. The van der Waals surface area contributed by atoms with Gasteiger partial charge in [0.25, 0.3) is 5.91 Å². The molecule has 9 heteroatoms. The normalized spacial score (nSPS) is 33.8. The van der Waals surface area contributed by atoms with Crippen molar-refractivity contribution in [1.82, 2.24) is 14.7 Å². The third-order valence-electron chi connectivity index (χ3n) is 24.1. The number of carbonyl (C=O) groups excluding carboxylic acids is 3. The Bertz CT molecular complexity index is 2180. The summed E-state index contributed by atoms with van der Waals surface area (Å²) >= 11 is 0. The lowest BCUT2D eigenvalue weighted by molar-refractivity contribution is -0.935. The van der Waals surface area contributed by atoms with E-state index in [-0.39, 0.29) is 45.1 Å². The molecule has 3 heterocycles. The van der Waals surface area contributed by atoms with E-state index in [2.05, 4.69) is 96.6 Å². The highest BCUT2D eigenvalue weighted by molar-refractivity contribution is 6.22. The zero-order valence-corrected chi connectivity index (χ0v) is 52.3. The van der Waals surface area contributed by atoms with Gasteiger partial charge < -0.3 is 14.5 Å². The number of allylic oxidation sites excluding steroid dienone is 4. The highest BCUT2D eigenvalue weighted by atomic mass is 16.5. The molecule has 9 nitrogen and oxygen atoms in total. The minimum absolute atomic E-state index is 0.0186. The lowest BCUT2D eigenvalue weighted by Crippen LogP contribution is -2.68. The molecule has 78 heavy (non-hydrogen) atoms. The van der Waals surface area contributed by atoms with Crippen molar-refractivity contribution in [1.29, 1.82) is 0 Å². The molecule has 5 aliphatic carbocycles. The SMILES string of the molecule is C=C(C)[C@@H]1CC[C@]2(C(=O)N3CCN(C(=O)C4=C(C)C=C(C)N5C[N+](CCCCCCCCCCCC)(CCCCCCCCCCCC)N=C45)CC3)CC[C@]3(C)[C@H](CC[C@@H]4[C@@]5(C)CC[C@H](OC(C)=O)C(C)(C)[C@@H]5CC[C@]43C)[C@@H]12. The molecule has 440 valence electrons. The van der Waals surface area contributed by atoms with Crippen molar-refractivity contribution < 1.29 is 23.7 Å². The Labute approximate surface area is 477 Å². The summed E-state index contributed by atoms with van der Waals surface area (Å²) in [6.45, 7) is 35.4. The fourth-order valence-corrected chi connectivity index (χ4v) is 19.6. The van der Waals surface area contributed by atoms with Crippen molar-refractivity contribution in [3.63, 3.8) is 0 Å². The number of esters is 1. The van der Waals surface area contributed by atoms with Gasteiger partial charge in [0.15, 0.2) is 6.67 Å². The zero-order valence-electron chi connectivity index (χ0n) is 52.3. The average molecular weight is 1080 g/mol. The fraction of sp³-hybridized carbons (Fsp3) is 0.855. The van der Waals surface area contributed by atoms with Crippen LogP contribution < -0.4 is 0 Å². The molecule has 0 aromatic carbocycles. The predicted octanol–water partition coefficient (Wildman–Crippen LogP) is 16.7. The standard InChI is InChI=1S/C69H116N5O4/c1-13-15-17-19-21-23-25-27-29-31-47-74(48-32-30-28-26-24-22-20-18-16-14-2)50-73-53(6)49-52(5)60(62(73)70-74)63(76)71-43-45-72(46-44-71)64(77)69-40-35-55(51(3)4)61(69)56-33-34-58-66(10)38-37-59(78-54(7)75)65(8,9)57(66)36-39-68(58,12)67(56,11)41-42-69/h49,55-59,61H,3,13-48,50H2,1-2,4-12H3/q+1/t55-,56+,57-,58+,59-,61+,66-,67+,68+,69-/m0/s1. The highest BCUT2D eigenvalue weighted by Gasteiger charge is 2.72. The van der Waals surface area contributed by atoms with Gasteiger partial charge in [-0.2, -0.15) is 4.59 Å². The van der Waals surface area contributed by atoms with E-state index in [0.29, 0.717) is 66.3 Å². The first-order valence-electron chi connectivity index (χ1n) is 33.3. The van der Waals surface area contributed by atoms with E-state index in [1.165, 1.54) is 165 Å². The maximum Gasteiger partial charge on any atom is 0.302 e. The van der Waals surface area contributed by atoms with Crippen LogP contribution in [0.25, 0.3) is 0 Å². The van der Waals surface area contributed by atoms with Crippen molar-refractivity contribution in [3.05, 3.63) is 35.1 Å². The van der Waals surface area contributed by atoms with Crippen LogP contribution in [-0.4, -0.2) is 95.0 Å². The van der Waals surface area contributed by atoms with Gasteiger partial charge in [-0.15, -0.1) is 0 Å². The smallest absolute Gasteiger partial charge is 0.302 e. The largest absolute Gasteiger partial charge is 0.462 e. The van der Waals surface area contributed by atoms with Crippen molar-refractivity contribution in [3.8, 4) is 0 Å². The van der Waals surface area contributed by atoms with Gasteiger partial charge in [0.1, 0.15) is 19.2 Å². The molecule has 0 aromatic heterocycles. The molecule has 2 amide bonds. The molecule has 8 rings (SSSR count). The summed E-state index contributed by atoms with van der Waals surface area (Å²) in [5, 5.41) is 5.71. The van der Waals surface area contributed by atoms with E-state index >= 15 is 9.59 Å². The predicted molar refractivity (Wildman–Crippen MR) is 322 cm³/mol. The third kappa shape index (κ3) is 12.0. The first-order chi connectivity index (χ1) is 37.2. The molecule has 1 saturated heterocycles. The van der Waals surface area contributed by atoms with Crippen LogP contribution in [0.4, 0.5) is 0 Å². The second-order valence-corrected chi connectivity index (χ2v) is 29.1. The summed E-state index contributed by atoms with van der Waals surface area (Å²) in [5.41, 5.74) is 4.33. The van der Waals surface area contributed by atoms with Gasteiger partial charge in [-0.1, -0.05) is 168 Å². The molecular formula is C69H116N5O4+. The molecule has 0 unspecified atom stereocenters. The maximum absolute atomic E-state index is 15.7. The lowest BCUT2D eigenvalue weighted by atomic mass is 9.32. The number of quaternary nitrogens is 1. The van der Waals surface area contributed by atoms with Gasteiger partial charge in [-0.25, -0.2) is 0 Å². The van der Waals surface area contributed by atoms with Crippen LogP contribution >= 0.6 is 0 Å². The Morgan fingerprint density at radius 1 is 0.641 bits per heavy atom. The molecule has 5 saturated carbocycles. The summed E-state index contributed by atoms with van der Waals surface area (Å²) in [7, 11) is 0. The van der Waals surface area contributed by atoms with Crippen LogP contribution in [0.5, 0.6) is 0 Å².